The van der Waals surface area contributed by atoms with Gasteiger partial charge in [0.2, 0.25) is 0 Å². The van der Waals surface area contributed by atoms with Gasteiger partial charge in [-0.05, 0) is 81.6 Å². The molecular formula is C22H27ClN2O4S. The summed E-state index contributed by atoms with van der Waals surface area (Å²) >= 11 is 5.84. The number of halogens is 1. The van der Waals surface area contributed by atoms with Crippen molar-refractivity contribution in [3.05, 3.63) is 53.6 Å². The molecule has 2 aromatic rings. The second-order valence-electron chi connectivity index (χ2n) is 7.64. The minimum atomic E-state index is -3.70. The fourth-order valence-corrected chi connectivity index (χ4v) is 5.11. The van der Waals surface area contributed by atoms with E-state index in [1.54, 1.807) is 36.4 Å². The van der Waals surface area contributed by atoms with Crippen LogP contribution < -0.4 is 9.04 Å². The van der Waals surface area contributed by atoms with Crippen LogP contribution in [0.3, 0.4) is 0 Å². The molecule has 8 heteroatoms. The highest BCUT2D eigenvalue weighted by Crippen LogP contribution is 2.26. The van der Waals surface area contributed by atoms with Gasteiger partial charge in [-0.3, -0.25) is 9.10 Å². The second kappa shape index (κ2) is 9.27. The smallest absolute Gasteiger partial charge is 0.264 e. The second-order valence-corrected chi connectivity index (χ2v) is 10.0. The molecule has 2 atom stereocenters. The third-order valence-electron chi connectivity index (χ3n) is 5.52. The average molecular weight is 451 g/mol. The van der Waals surface area contributed by atoms with E-state index in [0.29, 0.717) is 16.5 Å². The van der Waals surface area contributed by atoms with Crippen molar-refractivity contribution < 1.29 is 17.9 Å². The van der Waals surface area contributed by atoms with Gasteiger partial charge in [-0.1, -0.05) is 11.6 Å². The molecule has 1 heterocycles. The summed E-state index contributed by atoms with van der Waals surface area (Å²) in [6.45, 7) is 4.10. The number of piperidine rings is 1. The number of rotatable bonds is 6. The molecule has 2 unspecified atom stereocenters. The van der Waals surface area contributed by atoms with E-state index >= 15 is 0 Å². The Balaban J connectivity index is 1.64. The number of carbonyl (C=O) groups excluding carboxylic acids is 1. The first-order valence-electron chi connectivity index (χ1n) is 9.98. The van der Waals surface area contributed by atoms with E-state index < -0.39 is 10.0 Å². The molecule has 6 nitrogen and oxygen atoms in total. The van der Waals surface area contributed by atoms with Crippen LogP contribution in [0, 0.1) is 0 Å². The quantitative estimate of drug-likeness (QED) is 0.656. The van der Waals surface area contributed by atoms with Gasteiger partial charge in [0.15, 0.2) is 6.61 Å². The van der Waals surface area contributed by atoms with Crippen LogP contribution in [0.25, 0.3) is 0 Å². The van der Waals surface area contributed by atoms with Gasteiger partial charge in [0.25, 0.3) is 15.9 Å². The van der Waals surface area contributed by atoms with Crippen LogP contribution in [0.4, 0.5) is 5.69 Å². The molecule has 162 valence electrons. The number of sulfonamides is 1. The lowest BCUT2D eigenvalue weighted by atomic mass is 9.97. The minimum Gasteiger partial charge on any atom is -0.484 e. The number of ether oxygens (including phenoxy) is 1. The summed E-state index contributed by atoms with van der Waals surface area (Å²) in [6, 6.07) is 13.1. The molecule has 0 spiro atoms. The maximum absolute atomic E-state index is 12.8. The Morgan fingerprint density at radius 2 is 1.63 bits per heavy atom. The molecule has 1 aliphatic heterocycles. The fourth-order valence-electron chi connectivity index (χ4n) is 3.79. The van der Waals surface area contributed by atoms with Crippen molar-refractivity contribution in [1.82, 2.24) is 4.90 Å². The summed E-state index contributed by atoms with van der Waals surface area (Å²) in [5.74, 6) is 0.489. The van der Waals surface area contributed by atoms with Crippen molar-refractivity contribution in [3.8, 4) is 5.75 Å². The molecule has 0 saturated carbocycles. The van der Waals surface area contributed by atoms with E-state index in [2.05, 4.69) is 13.8 Å². The SMILES string of the molecule is CC1CCCC(C)N1C(=O)COc1ccc(N(C)S(=O)(=O)c2ccc(Cl)cc2)cc1. The lowest BCUT2D eigenvalue weighted by Crippen LogP contribution is -2.49. The maximum atomic E-state index is 12.8. The molecular weight excluding hydrogens is 424 g/mol. The summed E-state index contributed by atoms with van der Waals surface area (Å²) in [6.07, 6.45) is 3.17. The number of amides is 1. The zero-order valence-corrected chi connectivity index (χ0v) is 19.0. The Bertz CT molecular complexity index is 967. The highest BCUT2D eigenvalue weighted by molar-refractivity contribution is 7.92. The molecule has 3 rings (SSSR count). The normalized spacial score (nSPS) is 19.4. The van der Waals surface area contributed by atoms with Gasteiger partial charge in [-0.25, -0.2) is 8.42 Å². The zero-order chi connectivity index (χ0) is 21.9. The molecule has 0 aliphatic carbocycles. The van der Waals surface area contributed by atoms with Crippen LogP contribution in [0.15, 0.2) is 53.4 Å². The topological polar surface area (TPSA) is 66.9 Å². The molecule has 30 heavy (non-hydrogen) atoms. The van der Waals surface area contributed by atoms with Crippen LogP contribution in [-0.2, 0) is 14.8 Å². The van der Waals surface area contributed by atoms with Crippen molar-refractivity contribution in [2.24, 2.45) is 0 Å². The summed E-state index contributed by atoms with van der Waals surface area (Å²) in [4.78, 5) is 14.6. The number of likely N-dealkylation sites (tertiary alicyclic amines) is 1. The molecule has 2 aromatic carbocycles. The van der Waals surface area contributed by atoms with Gasteiger partial charge in [0.05, 0.1) is 10.6 Å². The number of hydrogen-bond acceptors (Lipinski definition) is 4. The first-order chi connectivity index (χ1) is 14.2. The van der Waals surface area contributed by atoms with Gasteiger partial charge in [-0.2, -0.15) is 0 Å². The van der Waals surface area contributed by atoms with Crippen molar-refractivity contribution in [2.75, 3.05) is 18.0 Å². The maximum Gasteiger partial charge on any atom is 0.264 e. The van der Waals surface area contributed by atoms with E-state index in [-0.39, 0.29) is 29.5 Å². The number of anilines is 1. The Labute approximate surface area is 183 Å². The van der Waals surface area contributed by atoms with Gasteiger partial charge in [0.1, 0.15) is 5.75 Å². The predicted molar refractivity (Wildman–Crippen MR) is 119 cm³/mol. The van der Waals surface area contributed by atoms with E-state index in [0.717, 1.165) is 19.3 Å². The van der Waals surface area contributed by atoms with E-state index in [1.165, 1.54) is 23.5 Å². The standard InChI is InChI=1S/C22H27ClN2O4S/c1-16-5-4-6-17(2)25(16)22(26)15-29-20-11-9-19(10-12-20)24(3)30(27,28)21-13-7-18(23)8-14-21/h7-14,16-17H,4-6,15H2,1-3H3. The lowest BCUT2D eigenvalue weighted by molar-refractivity contribution is -0.139. The molecule has 0 aromatic heterocycles. The number of carbonyl (C=O) groups is 1. The third kappa shape index (κ3) is 4.90. The first-order valence-corrected chi connectivity index (χ1v) is 11.8. The van der Waals surface area contributed by atoms with Crippen molar-refractivity contribution >= 4 is 33.2 Å². The summed E-state index contributed by atoms with van der Waals surface area (Å²) in [5, 5.41) is 0.473. The third-order valence-corrected chi connectivity index (χ3v) is 7.57. The average Bonchev–Trinajstić information content (AvgIpc) is 2.72. The first kappa shape index (κ1) is 22.4. The van der Waals surface area contributed by atoms with Gasteiger partial charge in [-0.15, -0.1) is 0 Å². The predicted octanol–water partition coefficient (Wildman–Crippen LogP) is 4.33. The monoisotopic (exact) mass is 450 g/mol. The molecule has 1 amide bonds. The van der Waals surface area contributed by atoms with Crippen molar-refractivity contribution in [3.63, 3.8) is 0 Å². The van der Waals surface area contributed by atoms with Crippen LogP contribution in [0.2, 0.25) is 5.02 Å². The van der Waals surface area contributed by atoms with Crippen LogP contribution >= 0.6 is 11.6 Å². The van der Waals surface area contributed by atoms with Crippen molar-refractivity contribution in [2.45, 2.75) is 50.1 Å². The lowest BCUT2D eigenvalue weighted by Gasteiger charge is -2.38. The Morgan fingerprint density at radius 1 is 1.07 bits per heavy atom. The van der Waals surface area contributed by atoms with Crippen LogP contribution in [-0.4, -0.2) is 45.0 Å². The number of nitrogens with zero attached hydrogens (tertiary/aromatic N) is 2. The largest absolute Gasteiger partial charge is 0.484 e. The number of hydrogen-bond donors (Lipinski definition) is 0. The molecule has 1 saturated heterocycles. The Hall–Kier alpha value is -2.25. The number of benzene rings is 2. The van der Waals surface area contributed by atoms with Gasteiger partial charge >= 0.3 is 0 Å². The summed E-state index contributed by atoms with van der Waals surface area (Å²) in [7, 11) is -2.21. The van der Waals surface area contributed by atoms with E-state index in [9.17, 15) is 13.2 Å². The minimum absolute atomic E-state index is 0.0267. The van der Waals surface area contributed by atoms with Gasteiger partial charge < -0.3 is 9.64 Å². The molecule has 1 aliphatic rings. The highest BCUT2D eigenvalue weighted by Gasteiger charge is 2.29. The molecule has 0 radical (unpaired) electrons. The highest BCUT2D eigenvalue weighted by atomic mass is 35.5. The fraction of sp³-hybridized carbons (Fsp3) is 0.409. The Morgan fingerprint density at radius 3 is 2.20 bits per heavy atom. The summed E-state index contributed by atoms with van der Waals surface area (Å²) < 4.78 is 32.4. The van der Waals surface area contributed by atoms with Gasteiger partial charge in [0, 0.05) is 24.2 Å². The van der Waals surface area contributed by atoms with Crippen LogP contribution in [0.1, 0.15) is 33.1 Å². The van der Waals surface area contributed by atoms with Crippen molar-refractivity contribution in [1.29, 1.82) is 0 Å². The molecule has 1 fully saturated rings. The molecule has 0 bridgehead atoms. The van der Waals surface area contributed by atoms with E-state index in [1.807, 2.05) is 4.90 Å². The van der Waals surface area contributed by atoms with E-state index in [4.69, 9.17) is 16.3 Å². The summed E-state index contributed by atoms with van der Waals surface area (Å²) in [5.41, 5.74) is 0.488. The molecule has 0 N–H and O–H groups in total. The zero-order valence-electron chi connectivity index (χ0n) is 17.4. The Kier molecular flexibility index (Phi) is 6.93. The van der Waals surface area contributed by atoms with Crippen LogP contribution in [0.5, 0.6) is 5.75 Å².